The Morgan fingerprint density at radius 3 is 2.05 bits per heavy atom. The number of nitrogens with two attached hydrogens (primary N) is 2. The summed E-state index contributed by atoms with van der Waals surface area (Å²) in [5, 5.41) is 18.4. The second kappa shape index (κ2) is 6.19. The highest BCUT2D eigenvalue weighted by atomic mass is 16.4. The summed E-state index contributed by atoms with van der Waals surface area (Å²) in [6.07, 6.45) is -1.11. The summed E-state index contributed by atoms with van der Waals surface area (Å²) < 4.78 is 0. The van der Waals surface area contributed by atoms with Crippen LogP contribution in [-0.4, -0.2) is 75.6 Å². The van der Waals surface area contributed by atoms with Gasteiger partial charge in [-0.25, -0.2) is 9.59 Å². The second-order valence-corrected chi connectivity index (χ2v) is 4.47. The molecule has 4 amide bonds. The van der Waals surface area contributed by atoms with Gasteiger partial charge in [-0.05, 0) is 0 Å². The highest BCUT2D eigenvalue weighted by Gasteiger charge is 2.41. The Balaban J connectivity index is 2.89. The van der Waals surface area contributed by atoms with E-state index in [0.717, 1.165) is 9.80 Å². The summed E-state index contributed by atoms with van der Waals surface area (Å²) in [7, 11) is 0. The minimum absolute atomic E-state index is 0.123. The van der Waals surface area contributed by atoms with Crippen molar-refractivity contribution in [2.24, 2.45) is 11.5 Å². The summed E-state index contributed by atoms with van der Waals surface area (Å²) in [6, 6.07) is -2.10. The molecule has 0 aromatic carbocycles. The number of hydrogen-bond acceptors (Lipinski definition) is 5. The van der Waals surface area contributed by atoms with Crippen molar-refractivity contribution in [3.63, 3.8) is 0 Å². The first-order valence-electron chi connectivity index (χ1n) is 5.75. The fraction of sp³-hybridized carbons (Fsp3) is 0.600. The number of carboxylic acids is 1. The van der Waals surface area contributed by atoms with Crippen LogP contribution >= 0.6 is 0 Å². The number of carbonyl (C=O) groups is 4. The molecule has 1 fully saturated rings. The summed E-state index contributed by atoms with van der Waals surface area (Å²) in [4.78, 5) is 46.5. The van der Waals surface area contributed by atoms with E-state index in [-0.39, 0.29) is 13.0 Å². The minimum Gasteiger partial charge on any atom is -0.480 e. The second-order valence-electron chi connectivity index (χ2n) is 4.47. The Bertz CT molecular complexity index is 423. The Labute approximate surface area is 113 Å². The number of aliphatic hydroxyl groups is 1. The maximum Gasteiger partial charge on any atom is 0.326 e. The van der Waals surface area contributed by atoms with Crippen LogP contribution in [-0.2, 0) is 14.4 Å². The highest BCUT2D eigenvalue weighted by Crippen LogP contribution is 2.19. The van der Waals surface area contributed by atoms with E-state index in [1.807, 2.05) is 0 Å². The number of primary amides is 2. The van der Waals surface area contributed by atoms with Gasteiger partial charge in [-0.15, -0.1) is 0 Å². The molecule has 0 bridgehead atoms. The van der Waals surface area contributed by atoms with E-state index in [1.54, 1.807) is 0 Å². The molecule has 1 rings (SSSR count). The third-order valence-corrected chi connectivity index (χ3v) is 2.77. The number of hydrogen-bond donors (Lipinski definition) is 4. The van der Waals surface area contributed by atoms with Crippen molar-refractivity contribution in [1.29, 1.82) is 0 Å². The lowest BCUT2D eigenvalue weighted by molar-refractivity contribution is -0.141. The van der Waals surface area contributed by atoms with Crippen LogP contribution in [0.2, 0.25) is 0 Å². The first-order valence-corrected chi connectivity index (χ1v) is 5.75. The fourth-order valence-corrected chi connectivity index (χ4v) is 2.01. The van der Waals surface area contributed by atoms with Gasteiger partial charge < -0.3 is 31.5 Å². The average Bonchev–Trinajstić information content (AvgIpc) is 2.68. The molecular weight excluding hydrogens is 272 g/mol. The zero-order valence-electron chi connectivity index (χ0n) is 10.6. The molecule has 1 heterocycles. The minimum atomic E-state index is -1.28. The number of nitrogens with zero attached hydrogens (tertiary/aromatic N) is 2. The van der Waals surface area contributed by atoms with Crippen LogP contribution in [0.5, 0.6) is 0 Å². The molecule has 0 spiro atoms. The topological polar surface area (TPSA) is 167 Å². The molecule has 0 aromatic rings. The van der Waals surface area contributed by atoms with Crippen molar-refractivity contribution < 1.29 is 29.4 Å². The van der Waals surface area contributed by atoms with Gasteiger partial charge in [-0.3, -0.25) is 9.59 Å². The van der Waals surface area contributed by atoms with E-state index in [9.17, 15) is 24.3 Å². The molecule has 10 nitrogen and oxygen atoms in total. The van der Waals surface area contributed by atoms with E-state index in [0.29, 0.717) is 0 Å². The van der Waals surface area contributed by atoms with Gasteiger partial charge in [0.1, 0.15) is 19.1 Å². The quantitative estimate of drug-likeness (QED) is 0.418. The summed E-state index contributed by atoms with van der Waals surface area (Å²) >= 11 is 0. The van der Waals surface area contributed by atoms with Gasteiger partial charge in [0.2, 0.25) is 11.8 Å². The summed E-state index contributed by atoms with van der Waals surface area (Å²) in [5.74, 6) is -3.02. The van der Waals surface area contributed by atoms with Crippen molar-refractivity contribution in [2.45, 2.75) is 18.6 Å². The molecule has 0 aromatic heterocycles. The predicted molar refractivity (Wildman–Crippen MR) is 64.1 cm³/mol. The number of amides is 4. The van der Waals surface area contributed by atoms with E-state index in [2.05, 4.69) is 0 Å². The van der Waals surface area contributed by atoms with Crippen molar-refractivity contribution >= 4 is 23.8 Å². The standard InChI is InChI=1S/C10H16N4O6/c11-7(16)3-13(4-8(12)17)10(20)14-2-5(15)1-6(14)9(18)19/h5-6,15H,1-4H2,(H2,11,16)(H2,12,17)(H,18,19)/t5-,6-/m1/s1. The summed E-state index contributed by atoms with van der Waals surface area (Å²) in [6.45, 7) is -1.34. The number of carboxylic acid groups (broad SMARTS) is 1. The zero-order valence-corrected chi connectivity index (χ0v) is 10.6. The molecule has 10 heteroatoms. The lowest BCUT2D eigenvalue weighted by Crippen LogP contribution is -2.52. The molecule has 0 aliphatic carbocycles. The van der Waals surface area contributed by atoms with Gasteiger partial charge in [-0.1, -0.05) is 0 Å². The van der Waals surface area contributed by atoms with E-state index >= 15 is 0 Å². The Hall–Kier alpha value is -2.36. The molecule has 0 saturated carbocycles. The van der Waals surface area contributed by atoms with Crippen molar-refractivity contribution in [3.8, 4) is 0 Å². The molecular formula is C10H16N4O6. The molecule has 20 heavy (non-hydrogen) atoms. The summed E-state index contributed by atoms with van der Waals surface area (Å²) in [5.41, 5.74) is 9.92. The predicted octanol–water partition coefficient (Wildman–Crippen LogP) is -3.10. The normalized spacial score (nSPS) is 21.6. The SMILES string of the molecule is NC(=O)CN(CC(N)=O)C(=O)N1C[C@H](O)C[C@@H]1C(=O)O. The van der Waals surface area contributed by atoms with E-state index in [4.69, 9.17) is 16.6 Å². The van der Waals surface area contributed by atoms with Gasteiger partial charge in [-0.2, -0.15) is 0 Å². The van der Waals surface area contributed by atoms with E-state index in [1.165, 1.54) is 0 Å². The van der Waals surface area contributed by atoms with Crippen LogP contribution in [0, 0.1) is 0 Å². The fourth-order valence-electron chi connectivity index (χ4n) is 2.01. The monoisotopic (exact) mass is 288 g/mol. The number of urea groups is 1. The van der Waals surface area contributed by atoms with Crippen molar-refractivity contribution in [3.05, 3.63) is 0 Å². The first-order chi connectivity index (χ1) is 9.22. The van der Waals surface area contributed by atoms with Gasteiger partial charge in [0.25, 0.3) is 0 Å². The average molecular weight is 288 g/mol. The van der Waals surface area contributed by atoms with Crippen LogP contribution in [0.1, 0.15) is 6.42 Å². The number of likely N-dealkylation sites (tertiary alicyclic amines) is 1. The first kappa shape index (κ1) is 15.7. The van der Waals surface area contributed by atoms with Crippen molar-refractivity contribution in [1.82, 2.24) is 9.80 Å². The highest BCUT2D eigenvalue weighted by molar-refractivity contribution is 5.89. The smallest absolute Gasteiger partial charge is 0.326 e. The number of β-amino-alcohol motifs (C(OH)–C–C–N with tert-alkyl or cyclic N) is 1. The number of rotatable bonds is 5. The zero-order chi connectivity index (χ0) is 15.4. The third kappa shape index (κ3) is 3.82. The third-order valence-electron chi connectivity index (χ3n) is 2.77. The molecule has 1 aliphatic rings. The Kier molecular flexibility index (Phi) is 4.86. The molecule has 1 aliphatic heterocycles. The lowest BCUT2D eigenvalue weighted by atomic mass is 10.2. The van der Waals surface area contributed by atoms with Crippen LogP contribution < -0.4 is 11.5 Å². The Morgan fingerprint density at radius 2 is 1.65 bits per heavy atom. The maximum atomic E-state index is 12.1. The van der Waals surface area contributed by atoms with E-state index < -0.39 is 49.1 Å². The van der Waals surface area contributed by atoms with Gasteiger partial charge in [0.15, 0.2) is 0 Å². The van der Waals surface area contributed by atoms with Gasteiger partial charge in [0.05, 0.1) is 6.10 Å². The number of aliphatic hydroxyl groups excluding tert-OH is 1. The number of aliphatic carboxylic acids is 1. The molecule has 1 saturated heterocycles. The molecule has 112 valence electrons. The van der Waals surface area contributed by atoms with Crippen LogP contribution in [0.3, 0.4) is 0 Å². The Morgan fingerprint density at radius 1 is 1.15 bits per heavy atom. The van der Waals surface area contributed by atoms with Crippen LogP contribution in [0.15, 0.2) is 0 Å². The number of carbonyl (C=O) groups excluding carboxylic acids is 3. The molecule has 0 unspecified atom stereocenters. The molecule has 0 radical (unpaired) electrons. The molecule has 2 atom stereocenters. The van der Waals surface area contributed by atoms with Crippen molar-refractivity contribution in [2.75, 3.05) is 19.6 Å². The van der Waals surface area contributed by atoms with Crippen LogP contribution in [0.4, 0.5) is 4.79 Å². The maximum absolute atomic E-state index is 12.1. The van der Waals surface area contributed by atoms with Crippen LogP contribution in [0.25, 0.3) is 0 Å². The lowest BCUT2D eigenvalue weighted by Gasteiger charge is -2.28. The largest absolute Gasteiger partial charge is 0.480 e. The van der Waals surface area contributed by atoms with Gasteiger partial charge in [0, 0.05) is 13.0 Å². The van der Waals surface area contributed by atoms with Gasteiger partial charge >= 0.3 is 12.0 Å². The molecule has 6 N–H and O–H groups in total.